The number of carboxylic acids is 1. The van der Waals surface area contributed by atoms with Crippen molar-refractivity contribution in [3.05, 3.63) is 63.7 Å². The highest BCUT2D eigenvalue weighted by Gasteiger charge is 2.23. The number of carbonyl (C=O) groups is 1. The van der Waals surface area contributed by atoms with Crippen molar-refractivity contribution in [2.45, 2.75) is 47.1 Å². The van der Waals surface area contributed by atoms with Crippen LogP contribution in [-0.2, 0) is 11.2 Å². The smallest absolute Gasteiger partial charge is 0.345 e. The van der Waals surface area contributed by atoms with Crippen molar-refractivity contribution in [3.8, 4) is 5.75 Å². The number of ether oxygens (including phenoxy) is 1. The Morgan fingerprint density at radius 3 is 2.22 bits per heavy atom. The zero-order valence-electron chi connectivity index (χ0n) is 14.4. The van der Waals surface area contributed by atoms with E-state index < -0.39 is 12.1 Å². The van der Waals surface area contributed by atoms with E-state index in [1.807, 2.05) is 58.9 Å². The van der Waals surface area contributed by atoms with Crippen LogP contribution in [0.1, 0.15) is 33.4 Å². The summed E-state index contributed by atoms with van der Waals surface area (Å²) < 4.78 is 5.88. The fourth-order valence-corrected chi connectivity index (χ4v) is 2.81. The minimum atomic E-state index is -0.939. The summed E-state index contributed by atoms with van der Waals surface area (Å²) >= 11 is 0. The Kier molecular flexibility index (Phi) is 5.09. The van der Waals surface area contributed by atoms with Gasteiger partial charge in [0.15, 0.2) is 6.10 Å². The fourth-order valence-electron chi connectivity index (χ4n) is 2.81. The molecule has 1 unspecified atom stereocenters. The van der Waals surface area contributed by atoms with E-state index >= 15 is 0 Å². The van der Waals surface area contributed by atoms with E-state index in [0.717, 1.165) is 33.4 Å². The lowest BCUT2D eigenvalue weighted by Crippen LogP contribution is -2.30. The first-order valence-corrected chi connectivity index (χ1v) is 7.82. The highest BCUT2D eigenvalue weighted by atomic mass is 16.5. The van der Waals surface area contributed by atoms with Crippen molar-refractivity contribution in [2.75, 3.05) is 0 Å². The lowest BCUT2D eigenvalue weighted by atomic mass is 9.97. The Labute approximate surface area is 137 Å². The van der Waals surface area contributed by atoms with Gasteiger partial charge in [-0.15, -0.1) is 0 Å². The second-order valence-electron chi connectivity index (χ2n) is 6.22. The largest absolute Gasteiger partial charge is 0.478 e. The van der Waals surface area contributed by atoms with Crippen LogP contribution in [0.25, 0.3) is 0 Å². The maximum atomic E-state index is 11.7. The molecule has 0 spiro atoms. The highest BCUT2D eigenvalue weighted by Crippen LogP contribution is 2.26. The van der Waals surface area contributed by atoms with Crippen LogP contribution in [0, 0.1) is 34.6 Å². The Hall–Kier alpha value is -2.29. The molecule has 1 N–H and O–H groups in total. The lowest BCUT2D eigenvalue weighted by molar-refractivity contribution is -0.145. The van der Waals surface area contributed by atoms with E-state index in [1.165, 1.54) is 0 Å². The molecule has 0 saturated carbocycles. The van der Waals surface area contributed by atoms with Gasteiger partial charge in [0, 0.05) is 6.42 Å². The zero-order chi connectivity index (χ0) is 17.1. The second kappa shape index (κ2) is 6.86. The van der Waals surface area contributed by atoms with Crippen LogP contribution in [0.5, 0.6) is 5.75 Å². The average molecular weight is 312 g/mol. The van der Waals surface area contributed by atoms with Gasteiger partial charge in [-0.25, -0.2) is 4.79 Å². The number of hydrogen-bond acceptors (Lipinski definition) is 2. The molecule has 0 aromatic heterocycles. The zero-order valence-corrected chi connectivity index (χ0v) is 14.4. The maximum Gasteiger partial charge on any atom is 0.345 e. The Balaban J connectivity index is 2.32. The minimum absolute atomic E-state index is 0.361. The van der Waals surface area contributed by atoms with Crippen molar-refractivity contribution >= 4 is 5.97 Å². The molecule has 0 heterocycles. The first-order chi connectivity index (χ1) is 10.8. The van der Waals surface area contributed by atoms with Crippen LogP contribution in [0.2, 0.25) is 0 Å². The monoisotopic (exact) mass is 312 g/mol. The molecule has 3 nitrogen and oxygen atoms in total. The third kappa shape index (κ3) is 3.92. The fraction of sp³-hybridized carbons (Fsp3) is 0.350. The summed E-state index contributed by atoms with van der Waals surface area (Å²) in [6.45, 7) is 9.96. The van der Waals surface area contributed by atoms with Gasteiger partial charge >= 0.3 is 5.97 Å². The molecule has 2 aromatic rings. The van der Waals surface area contributed by atoms with Gasteiger partial charge in [0.25, 0.3) is 0 Å². The molecule has 2 rings (SSSR count). The SMILES string of the molecule is Cc1cc(C)c(C)c(OC(Cc2c(C)cccc2C)C(=O)O)c1. The van der Waals surface area contributed by atoms with E-state index in [9.17, 15) is 9.90 Å². The van der Waals surface area contributed by atoms with Crippen molar-refractivity contribution in [3.63, 3.8) is 0 Å². The van der Waals surface area contributed by atoms with Crippen molar-refractivity contribution in [1.29, 1.82) is 0 Å². The van der Waals surface area contributed by atoms with Crippen molar-refractivity contribution < 1.29 is 14.6 Å². The normalized spacial score (nSPS) is 12.0. The predicted octanol–water partition coefficient (Wildman–Crippen LogP) is 4.30. The van der Waals surface area contributed by atoms with Gasteiger partial charge < -0.3 is 9.84 Å². The molecule has 0 aliphatic heterocycles. The summed E-state index contributed by atoms with van der Waals surface area (Å²) in [4.78, 5) is 11.7. The van der Waals surface area contributed by atoms with Crippen LogP contribution in [0.3, 0.4) is 0 Å². The van der Waals surface area contributed by atoms with Crippen LogP contribution in [0.15, 0.2) is 30.3 Å². The van der Waals surface area contributed by atoms with Crippen LogP contribution >= 0.6 is 0 Å². The van der Waals surface area contributed by atoms with E-state index in [0.29, 0.717) is 12.2 Å². The van der Waals surface area contributed by atoms with Crippen LogP contribution in [-0.4, -0.2) is 17.2 Å². The van der Waals surface area contributed by atoms with Gasteiger partial charge in [-0.2, -0.15) is 0 Å². The molecule has 0 aliphatic carbocycles. The molecule has 23 heavy (non-hydrogen) atoms. The summed E-state index contributed by atoms with van der Waals surface area (Å²) in [7, 11) is 0. The van der Waals surface area contributed by atoms with Gasteiger partial charge in [0.1, 0.15) is 5.75 Å². The molecule has 0 fully saturated rings. The highest BCUT2D eigenvalue weighted by molar-refractivity contribution is 5.73. The predicted molar refractivity (Wildman–Crippen MR) is 92.3 cm³/mol. The molecular formula is C20H24O3. The van der Waals surface area contributed by atoms with Gasteiger partial charge in [0.05, 0.1) is 0 Å². The molecule has 2 aromatic carbocycles. The van der Waals surface area contributed by atoms with E-state index in [-0.39, 0.29) is 0 Å². The first kappa shape index (κ1) is 17.1. The molecule has 0 radical (unpaired) electrons. The molecule has 0 aliphatic rings. The van der Waals surface area contributed by atoms with E-state index in [4.69, 9.17) is 4.74 Å². The topological polar surface area (TPSA) is 46.5 Å². The Morgan fingerprint density at radius 1 is 1.04 bits per heavy atom. The van der Waals surface area contributed by atoms with Gasteiger partial charge in [-0.3, -0.25) is 0 Å². The molecule has 0 amide bonds. The number of aliphatic carboxylic acids is 1. The average Bonchev–Trinajstić information content (AvgIpc) is 2.46. The maximum absolute atomic E-state index is 11.7. The number of hydrogen-bond donors (Lipinski definition) is 1. The molecule has 3 heteroatoms. The molecule has 122 valence electrons. The van der Waals surface area contributed by atoms with E-state index in [1.54, 1.807) is 0 Å². The number of aryl methyl sites for hydroxylation is 4. The third-order valence-corrected chi connectivity index (χ3v) is 4.34. The molecule has 0 saturated heterocycles. The summed E-state index contributed by atoms with van der Waals surface area (Å²) in [6.07, 6.45) is -0.532. The minimum Gasteiger partial charge on any atom is -0.478 e. The Morgan fingerprint density at radius 2 is 1.65 bits per heavy atom. The lowest BCUT2D eigenvalue weighted by Gasteiger charge is -2.20. The molecule has 0 bridgehead atoms. The number of benzene rings is 2. The van der Waals surface area contributed by atoms with Crippen LogP contribution in [0.4, 0.5) is 0 Å². The van der Waals surface area contributed by atoms with Crippen molar-refractivity contribution in [2.24, 2.45) is 0 Å². The summed E-state index contributed by atoms with van der Waals surface area (Å²) in [5, 5.41) is 9.58. The standard InChI is InChI=1S/C20H24O3/c1-12-9-15(4)16(5)18(10-12)23-19(20(21)22)11-17-13(2)7-6-8-14(17)3/h6-10,19H,11H2,1-5H3,(H,21,22). The van der Waals surface area contributed by atoms with Gasteiger partial charge in [0.2, 0.25) is 0 Å². The van der Waals surface area contributed by atoms with Gasteiger partial charge in [-0.05, 0) is 74.1 Å². The van der Waals surface area contributed by atoms with Crippen LogP contribution < -0.4 is 4.74 Å². The third-order valence-electron chi connectivity index (χ3n) is 4.34. The summed E-state index contributed by atoms with van der Waals surface area (Å²) in [6, 6.07) is 9.97. The van der Waals surface area contributed by atoms with Gasteiger partial charge in [-0.1, -0.05) is 24.3 Å². The van der Waals surface area contributed by atoms with Crippen molar-refractivity contribution in [1.82, 2.24) is 0 Å². The summed E-state index contributed by atoms with van der Waals surface area (Å²) in [5.74, 6) is -0.285. The quantitative estimate of drug-likeness (QED) is 0.895. The number of rotatable bonds is 5. The molecular weight excluding hydrogens is 288 g/mol. The first-order valence-electron chi connectivity index (χ1n) is 7.82. The molecule has 1 atom stereocenters. The van der Waals surface area contributed by atoms with E-state index in [2.05, 4.69) is 6.07 Å². The summed E-state index contributed by atoms with van der Waals surface area (Å²) in [5.41, 5.74) is 6.40. The Bertz CT molecular complexity index is 712. The number of carboxylic acid groups (broad SMARTS) is 1. The second-order valence-corrected chi connectivity index (χ2v) is 6.22.